The Balaban J connectivity index is 2.68. The highest BCUT2D eigenvalue weighted by molar-refractivity contribution is 6.31. The van der Waals surface area contributed by atoms with Crippen molar-refractivity contribution in [1.29, 1.82) is 0 Å². The van der Waals surface area contributed by atoms with Gasteiger partial charge in [-0.15, -0.1) is 0 Å². The maximum atomic E-state index is 5.39. The summed E-state index contributed by atoms with van der Waals surface area (Å²) < 4.78 is 0. The smallest absolute Gasteiger partial charge is 0.0604 e. The molecule has 0 N–H and O–H groups in total. The first-order valence-electron chi connectivity index (χ1n) is 1.62. The summed E-state index contributed by atoms with van der Waals surface area (Å²) >= 11 is 5.39. The molecule has 6 heavy (non-hydrogen) atoms. The van der Waals surface area contributed by atoms with Gasteiger partial charge in [0.2, 0.25) is 0 Å². The molecule has 0 fully saturated rings. The molecule has 1 aliphatic rings. The van der Waals surface area contributed by atoms with Crippen LogP contribution in [0.2, 0.25) is 0 Å². The summed E-state index contributed by atoms with van der Waals surface area (Å²) in [7, 11) is 0. The van der Waals surface area contributed by atoms with E-state index in [1.165, 1.54) is 0 Å². The van der Waals surface area contributed by atoms with Crippen LogP contribution in [0, 0.1) is 0 Å². The number of rotatable bonds is 0. The molecule has 0 saturated carbocycles. The first-order chi connectivity index (χ1) is 2.89. The van der Waals surface area contributed by atoms with Crippen LogP contribution in [0.15, 0.2) is 23.5 Å². The fourth-order valence-corrected chi connectivity index (χ4v) is 0.384. The highest BCUT2D eigenvalue weighted by atomic mass is 35.5. The van der Waals surface area contributed by atoms with E-state index in [0.717, 1.165) is 0 Å². The molecule has 0 aromatic rings. The van der Waals surface area contributed by atoms with E-state index in [-0.39, 0.29) is 0 Å². The summed E-state index contributed by atoms with van der Waals surface area (Å²) in [5.74, 6) is 0. The Hall–Kier alpha value is -0.430. The molecule has 1 rings (SSSR count). The predicted octanol–water partition coefficient (Wildman–Crippen LogP) is 1.20. The van der Waals surface area contributed by atoms with Gasteiger partial charge < -0.3 is 0 Å². The highest BCUT2D eigenvalue weighted by Gasteiger charge is 1.87. The molecule has 0 aromatic heterocycles. The second-order valence-corrected chi connectivity index (χ2v) is 1.42. The number of halogens is 1. The molecule has 1 heterocycles. The number of hydrogen-bond acceptors (Lipinski definition) is 0. The minimum atomic E-state index is 0.704. The molecule has 31 valence electrons. The average Bonchev–Trinajstić information content (AvgIpc) is 1.86. The molecule has 0 spiro atoms. The van der Waals surface area contributed by atoms with Crippen molar-refractivity contribution < 1.29 is 0 Å². The molecule has 0 saturated heterocycles. The van der Waals surface area contributed by atoms with Gasteiger partial charge in [0.1, 0.15) is 0 Å². The molecule has 0 aliphatic carbocycles. The van der Waals surface area contributed by atoms with Gasteiger partial charge >= 0.3 is 0 Å². The maximum Gasteiger partial charge on any atom is 0.0604 e. The summed E-state index contributed by atoms with van der Waals surface area (Å²) in [6.45, 7) is 0. The molecule has 0 aromatic carbocycles. The van der Waals surface area contributed by atoms with Crippen molar-refractivity contribution in [3.05, 3.63) is 23.5 Å². The quantitative estimate of drug-likeness (QED) is 0.434. The van der Waals surface area contributed by atoms with Crippen LogP contribution in [-0.2, 0) is 0 Å². The lowest BCUT2D eigenvalue weighted by molar-refractivity contribution is 1.20. The second kappa shape index (κ2) is 1.35. The molecule has 1 radical (unpaired) electrons. The lowest BCUT2D eigenvalue weighted by Gasteiger charge is -1.68. The van der Waals surface area contributed by atoms with Gasteiger partial charge in [0, 0.05) is 12.4 Å². The van der Waals surface area contributed by atoms with Crippen molar-refractivity contribution in [1.82, 2.24) is 5.32 Å². The minimum Gasteiger partial charge on any atom is -0.263 e. The highest BCUT2D eigenvalue weighted by Crippen LogP contribution is 2.04. The van der Waals surface area contributed by atoms with Crippen molar-refractivity contribution in [2.45, 2.75) is 0 Å². The summed E-state index contributed by atoms with van der Waals surface area (Å²) in [6, 6.07) is 0. The van der Waals surface area contributed by atoms with E-state index >= 15 is 0 Å². The Morgan fingerprint density at radius 1 is 1.67 bits per heavy atom. The Bertz CT molecular complexity index is 101. The SMILES string of the molecule is ClC1=C[N]C=C1. The average molecular weight is 101 g/mol. The summed E-state index contributed by atoms with van der Waals surface area (Å²) in [6.07, 6.45) is 4.99. The van der Waals surface area contributed by atoms with Crippen LogP contribution in [0.3, 0.4) is 0 Å². The van der Waals surface area contributed by atoms with Gasteiger partial charge in [0.05, 0.1) is 5.03 Å². The van der Waals surface area contributed by atoms with Crippen LogP contribution in [-0.4, -0.2) is 0 Å². The largest absolute Gasteiger partial charge is 0.263 e. The lowest BCUT2D eigenvalue weighted by Crippen LogP contribution is -1.69. The second-order valence-electron chi connectivity index (χ2n) is 0.979. The van der Waals surface area contributed by atoms with Gasteiger partial charge in [0.15, 0.2) is 0 Å². The molecular formula is C4H3ClN. The van der Waals surface area contributed by atoms with Crippen molar-refractivity contribution >= 4 is 11.6 Å². The molecule has 1 nitrogen and oxygen atoms in total. The molecule has 2 heteroatoms. The van der Waals surface area contributed by atoms with E-state index in [9.17, 15) is 0 Å². The molecule has 0 atom stereocenters. The van der Waals surface area contributed by atoms with Gasteiger partial charge in [-0.3, -0.25) is 5.32 Å². The number of nitrogens with zero attached hydrogens (tertiary/aromatic N) is 1. The first-order valence-corrected chi connectivity index (χ1v) is 1.99. The van der Waals surface area contributed by atoms with E-state index in [0.29, 0.717) is 5.03 Å². The molecular weight excluding hydrogens is 97.5 g/mol. The van der Waals surface area contributed by atoms with Gasteiger partial charge in [-0.1, -0.05) is 11.6 Å². The van der Waals surface area contributed by atoms with Crippen LogP contribution >= 0.6 is 11.6 Å². The fraction of sp³-hybridized carbons (Fsp3) is 0. The normalized spacial score (nSPS) is 17.2. The van der Waals surface area contributed by atoms with Crippen molar-refractivity contribution in [2.24, 2.45) is 0 Å². The third-order valence-corrected chi connectivity index (χ3v) is 0.741. The monoisotopic (exact) mass is 100.0 g/mol. The third kappa shape index (κ3) is 0.546. The number of allylic oxidation sites excluding steroid dienone is 2. The van der Waals surface area contributed by atoms with Crippen molar-refractivity contribution in [2.75, 3.05) is 0 Å². The van der Waals surface area contributed by atoms with Crippen molar-refractivity contribution in [3.8, 4) is 0 Å². The summed E-state index contributed by atoms with van der Waals surface area (Å²) in [4.78, 5) is 0. The topological polar surface area (TPSA) is 14.1 Å². The van der Waals surface area contributed by atoms with E-state index in [1.807, 2.05) is 0 Å². The first kappa shape index (κ1) is 3.75. The molecule has 1 aliphatic heterocycles. The zero-order valence-corrected chi connectivity index (χ0v) is 3.81. The predicted molar refractivity (Wildman–Crippen MR) is 25.2 cm³/mol. The van der Waals surface area contributed by atoms with Crippen LogP contribution in [0.25, 0.3) is 0 Å². The van der Waals surface area contributed by atoms with Gasteiger partial charge in [-0.2, -0.15) is 0 Å². The molecule has 0 bridgehead atoms. The van der Waals surface area contributed by atoms with Crippen molar-refractivity contribution in [3.63, 3.8) is 0 Å². The van der Waals surface area contributed by atoms with E-state index < -0.39 is 0 Å². The Morgan fingerprint density at radius 3 is 2.67 bits per heavy atom. The number of hydrogen-bond donors (Lipinski definition) is 0. The van der Waals surface area contributed by atoms with Crippen LogP contribution in [0.5, 0.6) is 0 Å². The third-order valence-electron chi connectivity index (χ3n) is 0.518. The van der Waals surface area contributed by atoms with Crippen LogP contribution in [0.1, 0.15) is 0 Å². The van der Waals surface area contributed by atoms with E-state index in [4.69, 9.17) is 11.6 Å². The standard InChI is InChI=1S/C4H3ClN/c5-4-1-2-6-3-4/h1-3H. The summed E-state index contributed by atoms with van der Waals surface area (Å²) in [5, 5.41) is 4.39. The zero-order valence-electron chi connectivity index (χ0n) is 3.06. The van der Waals surface area contributed by atoms with Crippen LogP contribution in [0.4, 0.5) is 0 Å². The zero-order chi connectivity index (χ0) is 4.41. The Labute approximate surface area is 41.3 Å². The minimum absolute atomic E-state index is 0.704. The summed E-state index contributed by atoms with van der Waals surface area (Å²) in [5.41, 5.74) is 0. The Morgan fingerprint density at radius 2 is 2.50 bits per heavy atom. The van der Waals surface area contributed by atoms with E-state index in [2.05, 4.69) is 5.32 Å². The van der Waals surface area contributed by atoms with Gasteiger partial charge in [0.25, 0.3) is 0 Å². The lowest BCUT2D eigenvalue weighted by atomic mass is 10.6. The molecule has 0 unspecified atom stereocenters. The Kier molecular flexibility index (Phi) is 0.843. The van der Waals surface area contributed by atoms with Crippen LogP contribution < -0.4 is 5.32 Å². The molecule has 0 amide bonds. The maximum absolute atomic E-state index is 5.39. The van der Waals surface area contributed by atoms with E-state index in [1.54, 1.807) is 18.5 Å². The van der Waals surface area contributed by atoms with Gasteiger partial charge in [-0.05, 0) is 6.08 Å². The fourth-order valence-electron chi connectivity index (χ4n) is 0.272. The van der Waals surface area contributed by atoms with Gasteiger partial charge in [-0.25, -0.2) is 0 Å².